The van der Waals surface area contributed by atoms with Crippen molar-refractivity contribution in [1.29, 1.82) is 0 Å². The van der Waals surface area contributed by atoms with Crippen LogP contribution < -0.4 is 11.1 Å². The molecule has 6 heteroatoms. The van der Waals surface area contributed by atoms with E-state index in [1.54, 1.807) is 14.2 Å². The van der Waals surface area contributed by atoms with Crippen molar-refractivity contribution in [3.8, 4) is 0 Å². The summed E-state index contributed by atoms with van der Waals surface area (Å²) in [6, 6.07) is 0.228. The molecule has 18 heavy (non-hydrogen) atoms. The summed E-state index contributed by atoms with van der Waals surface area (Å²) in [7, 11) is 5.21. The van der Waals surface area contributed by atoms with Gasteiger partial charge in [0, 0.05) is 26.8 Å². The number of likely N-dealkylation sites (N-methyl/N-ethyl adjacent to an activating group) is 1. The Bertz CT molecular complexity index is 215. The van der Waals surface area contributed by atoms with Crippen molar-refractivity contribution in [2.75, 3.05) is 54.1 Å². The Balaban J connectivity index is 3.98. The van der Waals surface area contributed by atoms with Gasteiger partial charge in [0.1, 0.15) is 0 Å². The highest BCUT2D eigenvalue weighted by Gasteiger charge is 2.16. The molecular weight excluding hydrogens is 234 g/mol. The summed E-state index contributed by atoms with van der Waals surface area (Å²) >= 11 is 0. The molecule has 0 aromatic heterocycles. The molecule has 3 N–H and O–H groups in total. The van der Waals surface area contributed by atoms with Gasteiger partial charge >= 0.3 is 0 Å². The molecule has 6 nitrogen and oxygen atoms in total. The highest BCUT2D eigenvalue weighted by atomic mass is 16.5. The fraction of sp³-hybridized carbons (Fsp3) is 0.917. The lowest BCUT2D eigenvalue weighted by molar-refractivity contribution is -0.122. The van der Waals surface area contributed by atoms with Crippen molar-refractivity contribution in [2.45, 2.75) is 18.9 Å². The Labute approximate surface area is 110 Å². The fourth-order valence-corrected chi connectivity index (χ4v) is 1.68. The van der Waals surface area contributed by atoms with Crippen LogP contribution in [0.1, 0.15) is 12.8 Å². The van der Waals surface area contributed by atoms with Gasteiger partial charge < -0.3 is 20.5 Å². The van der Waals surface area contributed by atoms with Gasteiger partial charge in [0.15, 0.2) is 0 Å². The van der Waals surface area contributed by atoms with E-state index in [0.717, 1.165) is 12.8 Å². The van der Waals surface area contributed by atoms with Crippen molar-refractivity contribution in [1.82, 2.24) is 10.2 Å². The van der Waals surface area contributed by atoms with Gasteiger partial charge in [0.05, 0.1) is 19.8 Å². The molecule has 108 valence electrons. The van der Waals surface area contributed by atoms with Crippen LogP contribution in [0.3, 0.4) is 0 Å². The van der Waals surface area contributed by atoms with Gasteiger partial charge in [-0.05, 0) is 26.4 Å². The van der Waals surface area contributed by atoms with Crippen LogP contribution in [0.5, 0.6) is 0 Å². The second-order valence-corrected chi connectivity index (χ2v) is 4.30. The van der Waals surface area contributed by atoms with E-state index in [1.807, 2.05) is 11.9 Å². The number of hydrogen-bond acceptors (Lipinski definition) is 5. The number of rotatable bonds is 11. The van der Waals surface area contributed by atoms with Crippen molar-refractivity contribution >= 4 is 5.91 Å². The Hall–Kier alpha value is -0.690. The zero-order valence-electron chi connectivity index (χ0n) is 11.8. The third-order valence-corrected chi connectivity index (χ3v) is 2.75. The van der Waals surface area contributed by atoms with Crippen LogP contribution in [0.25, 0.3) is 0 Å². The van der Waals surface area contributed by atoms with Crippen LogP contribution in [0, 0.1) is 0 Å². The molecular formula is C12H27N3O3. The first-order chi connectivity index (χ1) is 8.65. The van der Waals surface area contributed by atoms with E-state index in [2.05, 4.69) is 5.32 Å². The summed E-state index contributed by atoms with van der Waals surface area (Å²) < 4.78 is 10.0. The SMILES string of the molecule is COCCNC(=O)CN(C)C(CCCN)COC. The minimum absolute atomic E-state index is 0.00315. The van der Waals surface area contributed by atoms with E-state index in [-0.39, 0.29) is 11.9 Å². The molecule has 0 rings (SSSR count). The Morgan fingerprint density at radius 1 is 1.39 bits per heavy atom. The van der Waals surface area contributed by atoms with Crippen LogP contribution in [-0.2, 0) is 14.3 Å². The number of hydrogen-bond donors (Lipinski definition) is 2. The Kier molecular flexibility index (Phi) is 11.0. The lowest BCUT2D eigenvalue weighted by atomic mass is 10.1. The monoisotopic (exact) mass is 261 g/mol. The maximum atomic E-state index is 11.6. The molecule has 1 unspecified atom stereocenters. The predicted octanol–water partition coefficient (Wildman–Crippen LogP) is -0.565. The number of nitrogens with zero attached hydrogens (tertiary/aromatic N) is 1. The number of nitrogens with two attached hydrogens (primary N) is 1. The second kappa shape index (κ2) is 11.4. The normalized spacial score (nSPS) is 12.7. The number of nitrogens with one attached hydrogen (secondary N) is 1. The zero-order chi connectivity index (χ0) is 13.8. The highest BCUT2D eigenvalue weighted by Crippen LogP contribution is 2.04. The van der Waals surface area contributed by atoms with E-state index in [4.69, 9.17) is 15.2 Å². The standard InChI is InChI=1S/C12H27N3O3/c1-15(9-12(16)14-7-8-17-2)11(10-18-3)5-4-6-13/h11H,4-10,13H2,1-3H3,(H,14,16). The van der Waals surface area contributed by atoms with Gasteiger partial charge in [0.25, 0.3) is 0 Å². The van der Waals surface area contributed by atoms with E-state index in [9.17, 15) is 4.79 Å². The third-order valence-electron chi connectivity index (χ3n) is 2.75. The zero-order valence-corrected chi connectivity index (χ0v) is 11.8. The minimum atomic E-state index is 0.00315. The van der Waals surface area contributed by atoms with Gasteiger partial charge in [-0.15, -0.1) is 0 Å². The van der Waals surface area contributed by atoms with Crippen LogP contribution in [-0.4, -0.2) is 71.0 Å². The van der Waals surface area contributed by atoms with Crippen molar-refractivity contribution in [3.63, 3.8) is 0 Å². The molecule has 0 bridgehead atoms. The molecule has 0 saturated heterocycles. The third kappa shape index (κ3) is 8.41. The molecule has 0 aromatic carbocycles. The molecule has 0 aliphatic rings. The number of carbonyl (C=O) groups excluding carboxylic acids is 1. The average molecular weight is 261 g/mol. The second-order valence-electron chi connectivity index (χ2n) is 4.30. The van der Waals surface area contributed by atoms with Gasteiger partial charge in [-0.2, -0.15) is 0 Å². The maximum Gasteiger partial charge on any atom is 0.234 e. The lowest BCUT2D eigenvalue weighted by Crippen LogP contribution is -2.43. The first-order valence-corrected chi connectivity index (χ1v) is 6.30. The number of amides is 1. The molecule has 0 heterocycles. The van der Waals surface area contributed by atoms with Gasteiger partial charge in [0.2, 0.25) is 5.91 Å². The topological polar surface area (TPSA) is 76.8 Å². The highest BCUT2D eigenvalue weighted by molar-refractivity contribution is 5.77. The minimum Gasteiger partial charge on any atom is -0.383 e. The van der Waals surface area contributed by atoms with Crippen LogP contribution in [0.4, 0.5) is 0 Å². The van der Waals surface area contributed by atoms with Gasteiger partial charge in [-0.1, -0.05) is 0 Å². The molecule has 0 aliphatic heterocycles. The predicted molar refractivity (Wildman–Crippen MR) is 71.5 cm³/mol. The molecule has 0 aliphatic carbocycles. The number of carbonyl (C=O) groups is 1. The first kappa shape index (κ1) is 17.3. The first-order valence-electron chi connectivity index (χ1n) is 6.30. The molecule has 0 fully saturated rings. The Morgan fingerprint density at radius 2 is 2.11 bits per heavy atom. The van der Waals surface area contributed by atoms with E-state index < -0.39 is 0 Å². The molecule has 0 saturated carbocycles. The molecule has 0 radical (unpaired) electrons. The van der Waals surface area contributed by atoms with E-state index >= 15 is 0 Å². The smallest absolute Gasteiger partial charge is 0.234 e. The number of methoxy groups -OCH3 is 2. The molecule has 0 aromatic rings. The summed E-state index contributed by atoms with van der Waals surface area (Å²) in [4.78, 5) is 13.6. The Morgan fingerprint density at radius 3 is 2.67 bits per heavy atom. The van der Waals surface area contributed by atoms with Crippen LogP contribution in [0.2, 0.25) is 0 Å². The van der Waals surface area contributed by atoms with Crippen molar-refractivity contribution in [2.24, 2.45) is 5.73 Å². The maximum absolute atomic E-state index is 11.6. The summed E-state index contributed by atoms with van der Waals surface area (Å²) in [5.74, 6) is 0.00315. The molecule has 1 atom stereocenters. The van der Waals surface area contributed by atoms with Gasteiger partial charge in [-0.25, -0.2) is 0 Å². The molecule has 1 amide bonds. The molecule has 0 spiro atoms. The average Bonchev–Trinajstić information content (AvgIpc) is 2.34. The summed E-state index contributed by atoms with van der Waals surface area (Å²) in [6.45, 7) is 2.71. The lowest BCUT2D eigenvalue weighted by Gasteiger charge is -2.26. The summed E-state index contributed by atoms with van der Waals surface area (Å²) in [5.41, 5.74) is 5.50. The van der Waals surface area contributed by atoms with Crippen molar-refractivity contribution < 1.29 is 14.3 Å². The van der Waals surface area contributed by atoms with Crippen LogP contribution >= 0.6 is 0 Å². The van der Waals surface area contributed by atoms with Gasteiger partial charge in [-0.3, -0.25) is 9.69 Å². The van der Waals surface area contributed by atoms with E-state index in [1.165, 1.54) is 0 Å². The quantitative estimate of drug-likeness (QED) is 0.487. The van der Waals surface area contributed by atoms with Crippen molar-refractivity contribution in [3.05, 3.63) is 0 Å². The largest absolute Gasteiger partial charge is 0.383 e. The number of ether oxygens (including phenoxy) is 2. The summed E-state index contributed by atoms with van der Waals surface area (Å²) in [5, 5.41) is 2.80. The van der Waals surface area contributed by atoms with E-state index in [0.29, 0.717) is 32.8 Å². The van der Waals surface area contributed by atoms with Crippen LogP contribution in [0.15, 0.2) is 0 Å². The summed E-state index contributed by atoms with van der Waals surface area (Å²) in [6.07, 6.45) is 1.87. The fourth-order valence-electron chi connectivity index (χ4n) is 1.68.